The molecule has 7 heteroatoms. The van der Waals surface area contributed by atoms with Crippen LogP contribution in [0.5, 0.6) is 0 Å². The molecule has 0 aromatic rings. The van der Waals surface area contributed by atoms with Crippen molar-refractivity contribution in [3.63, 3.8) is 0 Å². The first-order valence-corrected chi connectivity index (χ1v) is 6.17. The van der Waals surface area contributed by atoms with Gasteiger partial charge in [0.25, 0.3) is 0 Å². The number of amides is 2. The van der Waals surface area contributed by atoms with E-state index >= 15 is 0 Å². The molecule has 0 saturated carbocycles. The molecule has 1 fully saturated rings. The van der Waals surface area contributed by atoms with Crippen molar-refractivity contribution in [1.29, 1.82) is 0 Å². The molecular weight excluding hydrogens is 258 g/mol. The second kappa shape index (κ2) is 7.23. The van der Waals surface area contributed by atoms with Crippen LogP contribution in [0.4, 0.5) is 4.79 Å². The molecular formula is C11H18ClN3O3. The molecule has 0 radical (unpaired) electrons. The first kappa shape index (κ1) is 14.8. The fraction of sp³-hybridized carbons (Fsp3) is 0.636. The normalized spacial score (nSPS) is 16.4. The molecule has 1 aliphatic rings. The number of hydrogen-bond acceptors (Lipinski definition) is 3. The molecule has 0 aliphatic carbocycles. The molecule has 1 heterocycles. The molecule has 0 unspecified atom stereocenters. The van der Waals surface area contributed by atoms with E-state index in [0.717, 1.165) is 0 Å². The largest absolute Gasteiger partial charge is 0.481 e. The zero-order valence-corrected chi connectivity index (χ0v) is 10.9. The number of urea groups is 1. The molecule has 1 rings (SSSR count). The van der Waals surface area contributed by atoms with Crippen LogP contribution < -0.4 is 5.32 Å². The van der Waals surface area contributed by atoms with Crippen LogP contribution in [0.15, 0.2) is 11.6 Å². The highest BCUT2D eigenvalue weighted by Gasteiger charge is 2.20. The van der Waals surface area contributed by atoms with Crippen LogP contribution in [0.1, 0.15) is 6.42 Å². The number of nitrogens with zero attached hydrogens (tertiary/aromatic N) is 2. The average Bonchev–Trinajstić information content (AvgIpc) is 2.34. The maximum Gasteiger partial charge on any atom is 0.317 e. The molecule has 0 aromatic heterocycles. The van der Waals surface area contributed by atoms with E-state index < -0.39 is 5.97 Å². The van der Waals surface area contributed by atoms with Crippen molar-refractivity contribution in [1.82, 2.24) is 15.1 Å². The lowest BCUT2D eigenvalue weighted by Crippen LogP contribution is -2.52. The van der Waals surface area contributed by atoms with Crippen LogP contribution in [-0.4, -0.2) is 66.2 Å². The van der Waals surface area contributed by atoms with Crippen LogP contribution in [0, 0.1) is 0 Å². The molecule has 102 valence electrons. The van der Waals surface area contributed by atoms with E-state index in [4.69, 9.17) is 16.7 Å². The standard InChI is InChI=1S/C11H18ClN3O3/c1-9(12)8-13-11(18)15-6-4-14(5-7-15)3-2-10(16)17/h1-8H2,(H,13,18)(H,16,17). The van der Waals surface area contributed by atoms with Crippen molar-refractivity contribution in [2.45, 2.75) is 6.42 Å². The second-order valence-electron chi connectivity index (χ2n) is 4.15. The second-order valence-corrected chi connectivity index (χ2v) is 4.68. The van der Waals surface area contributed by atoms with Gasteiger partial charge in [-0.1, -0.05) is 18.2 Å². The Morgan fingerprint density at radius 1 is 1.28 bits per heavy atom. The van der Waals surface area contributed by atoms with Gasteiger partial charge in [-0.15, -0.1) is 0 Å². The van der Waals surface area contributed by atoms with Crippen molar-refractivity contribution in [2.24, 2.45) is 0 Å². The number of carboxylic acid groups (broad SMARTS) is 1. The van der Waals surface area contributed by atoms with Crippen LogP contribution in [-0.2, 0) is 4.79 Å². The Morgan fingerprint density at radius 2 is 1.89 bits per heavy atom. The molecule has 2 N–H and O–H groups in total. The van der Waals surface area contributed by atoms with Gasteiger partial charge in [-0.3, -0.25) is 9.69 Å². The molecule has 0 aromatic carbocycles. The summed E-state index contributed by atoms with van der Waals surface area (Å²) in [5, 5.41) is 11.6. The Hall–Kier alpha value is -1.27. The van der Waals surface area contributed by atoms with Gasteiger partial charge in [0.15, 0.2) is 0 Å². The number of carbonyl (C=O) groups is 2. The highest BCUT2D eigenvalue weighted by Crippen LogP contribution is 2.03. The van der Waals surface area contributed by atoms with Crippen LogP contribution in [0.25, 0.3) is 0 Å². The summed E-state index contributed by atoms with van der Waals surface area (Å²) < 4.78 is 0. The zero-order valence-electron chi connectivity index (χ0n) is 10.2. The van der Waals surface area contributed by atoms with Crippen LogP contribution in [0.2, 0.25) is 0 Å². The fourth-order valence-electron chi connectivity index (χ4n) is 1.71. The van der Waals surface area contributed by atoms with Gasteiger partial charge >= 0.3 is 12.0 Å². The van der Waals surface area contributed by atoms with E-state index in [9.17, 15) is 9.59 Å². The highest BCUT2D eigenvalue weighted by atomic mass is 35.5. The molecule has 0 spiro atoms. The lowest BCUT2D eigenvalue weighted by Gasteiger charge is -2.34. The molecule has 0 bridgehead atoms. The Balaban J connectivity index is 2.24. The quantitative estimate of drug-likeness (QED) is 0.768. The predicted molar refractivity (Wildman–Crippen MR) is 68.7 cm³/mol. The highest BCUT2D eigenvalue weighted by molar-refractivity contribution is 6.29. The van der Waals surface area contributed by atoms with Crippen LogP contribution in [0.3, 0.4) is 0 Å². The van der Waals surface area contributed by atoms with Crippen molar-refractivity contribution >= 4 is 23.6 Å². The first-order chi connectivity index (χ1) is 8.49. The molecule has 18 heavy (non-hydrogen) atoms. The van der Waals surface area contributed by atoms with Crippen molar-refractivity contribution in [3.05, 3.63) is 11.6 Å². The molecule has 0 atom stereocenters. The third kappa shape index (κ3) is 5.37. The van der Waals surface area contributed by atoms with Gasteiger partial charge in [-0.05, 0) is 0 Å². The number of carbonyl (C=O) groups excluding carboxylic acids is 1. The van der Waals surface area contributed by atoms with Gasteiger partial charge in [-0.25, -0.2) is 4.79 Å². The van der Waals surface area contributed by atoms with Gasteiger partial charge in [0.05, 0.1) is 13.0 Å². The maximum atomic E-state index is 11.7. The van der Waals surface area contributed by atoms with E-state index in [1.54, 1.807) is 4.90 Å². The number of hydrogen-bond donors (Lipinski definition) is 2. The minimum absolute atomic E-state index is 0.137. The number of halogens is 1. The predicted octanol–water partition coefficient (Wildman–Crippen LogP) is 0.541. The number of carboxylic acids is 1. The molecule has 1 aliphatic heterocycles. The Labute approximate surface area is 111 Å². The van der Waals surface area contributed by atoms with Crippen molar-refractivity contribution in [2.75, 3.05) is 39.3 Å². The minimum atomic E-state index is -0.796. The summed E-state index contributed by atoms with van der Waals surface area (Å²) in [5.41, 5.74) is 0. The minimum Gasteiger partial charge on any atom is -0.481 e. The van der Waals surface area contributed by atoms with E-state index in [1.165, 1.54) is 0 Å². The molecule has 6 nitrogen and oxygen atoms in total. The summed E-state index contributed by atoms with van der Waals surface area (Å²) in [6.45, 7) is 6.88. The van der Waals surface area contributed by atoms with Gasteiger partial charge in [0, 0.05) is 37.8 Å². The summed E-state index contributed by atoms with van der Waals surface area (Å²) in [6, 6.07) is -0.158. The Morgan fingerprint density at radius 3 is 2.39 bits per heavy atom. The third-order valence-corrected chi connectivity index (χ3v) is 2.87. The smallest absolute Gasteiger partial charge is 0.317 e. The van der Waals surface area contributed by atoms with Gasteiger partial charge < -0.3 is 15.3 Å². The number of piperazine rings is 1. The molecule has 2 amide bonds. The summed E-state index contributed by atoms with van der Waals surface area (Å²) >= 11 is 5.56. The van der Waals surface area contributed by atoms with Crippen molar-refractivity contribution in [3.8, 4) is 0 Å². The summed E-state index contributed by atoms with van der Waals surface area (Å²) in [4.78, 5) is 25.9. The summed E-state index contributed by atoms with van der Waals surface area (Å²) in [7, 11) is 0. The van der Waals surface area contributed by atoms with Gasteiger partial charge in [0.1, 0.15) is 0 Å². The van der Waals surface area contributed by atoms with Crippen LogP contribution >= 0.6 is 11.6 Å². The lowest BCUT2D eigenvalue weighted by molar-refractivity contribution is -0.137. The number of aliphatic carboxylic acids is 1. The van der Waals surface area contributed by atoms with Crippen molar-refractivity contribution < 1.29 is 14.7 Å². The van der Waals surface area contributed by atoms with Gasteiger partial charge in [0.2, 0.25) is 0 Å². The topological polar surface area (TPSA) is 72.9 Å². The maximum absolute atomic E-state index is 11.7. The van der Waals surface area contributed by atoms with E-state index in [-0.39, 0.29) is 19.0 Å². The van der Waals surface area contributed by atoms with E-state index in [1.807, 2.05) is 4.90 Å². The fourth-order valence-corrected chi connectivity index (χ4v) is 1.78. The number of nitrogens with one attached hydrogen (secondary N) is 1. The first-order valence-electron chi connectivity index (χ1n) is 5.79. The lowest BCUT2D eigenvalue weighted by atomic mass is 10.3. The van der Waals surface area contributed by atoms with E-state index in [2.05, 4.69) is 11.9 Å². The number of rotatable bonds is 5. The third-order valence-electron chi connectivity index (χ3n) is 2.73. The van der Waals surface area contributed by atoms with E-state index in [0.29, 0.717) is 37.8 Å². The SMILES string of the molecule is C=C(Cl)CNC(=O)N1CCN(CCC(=O)O)CC1. The molecule has 1 saturated heterocycles. The summed E-state index contributed by atoms with van der Waals surface area (Å²) in [6.07, 6.45) is 0.137. The average molecular weight is 276 g/mol. The van der Waals surface area contributed by atoms with Gasteiger partial charge in [-0.2, -0.15) is 0 Å². The Bertz CT molecular complexity index is 327. The summed E-state index contributed by atoms with van der Waals surface area (Å²) in [5.74, 6) is -0.796. The zero-order chi connectivity index (χ0) is 13.5. The Kier molecular flexibility index (Phi) is 5.94. The monoisotopic (exact) mass is 275 g/mol.